The van der Waals surface area contributed by atoms with Gasteiger partial charge in [-0.2, -0.15) is 5.26 Å². The van der Waals surface area contributed by atoms with Gasteiger partial charge >= 0.3 is 0 Å². The highest BCUT2D eigenvalue weighted by Crippen LogP contribution is 2.28. The van der Waals surface area contributed by atoms with Gasteiger partial charge < -0.3 is 10.1 Å². The van der Waals surface area contributed by atoms with Gasteiger partial charge in [0.2, 0.25) is 0 Å². The zero-order chi connectivity index (χ0) is 21.5. The molecule has 0 saturated carbocycles. The molecule has 3 aromatic carbocycles. The lowest BCUT2D eigenvalue weighted by molar-refractivity contribution is -0.112. The maximum atomic E-state index is 12.6. The lowest BCUT2D eigenvalue weighted by Crippen LogP contribution is -2.15. The summed E-state index contributed by atoms with van der Waals surface area (Å²) in [5.74, 6) is 0.255. The number of benzene rings is 3. The summed E-state index contributed by atoms with van der Waals surface area (Å²) in [6.45, 7) is 4.30. The van der Waals surface area contributed by atoms with E-state index in [0.717, 1.165) is 32.4 Å². The van der Waals surface area contributed by atoms with E-state index in [1.165, 1.54) is 0 Å². The maximum Gasteiger partial charge on any atom is 0.266 e. The Morgan fingerprint density at radius 3 is 2.40 bits per heavy atom. The first-order valence-electron chi connectivity index (χ1n) is 9.43. The summed E-state index contributed by atoms with van der Waals surface area (Å²) >= 11 is 3.50. The summed E-state index contributed by atoms with van der Waals surface area (Å²) < 4.78 is 6.60. The summed E-state index contributed by atoms with van der Waals surface area (Å²) in [6, 6.07) is 23.1. The highest BCUT2D eigenvalue weighted by molar-refractivity contribution is 9.10. The van der Waals surface area contributed by atoms with Gasteiger partial charge in [-0.25, -0.2) is 0 Å². The molecule has 0 aliphatic heterocycles. The third-order valence-corrected chi connectivity index (χ3v) is 5.21. The SMILES string of the molecule is Cc1cccc(C)c1NC(=O)/C(C#N)=C\c1ccc(OCc2ccccc2)c(Br)c1. The number of ether oxygens (including phenoxy) is 1. The number of carbonyl (C=O) groups excluding carboxylic acids is 1. The van der Waals surface area contributed by atoms with Gasteiger partial charge in [-0.15, -0.1) is 0 Å². The van der Waals surface area contributed by atoms with Crippen molar-refractivity contribution in [1.82, 2.24) is 0 Å². The predicted molar refractivity (Wildman–Crippen MR) is 123 cm³/mol. The Labute approximate surface area is 184 Å². The Morgan fingerprint density at radius 1 is 1.07 bits per heavy atom. The number of aryl methyl sites for hydroxylation is 2. The van der Waals surface area contributed by atoms with Crippen LogP contribution in [0, 0.1) is 25.2 Å². The minimum atomic E-state index is -0.435. The Kier molecular flexibility index (Phi) is 7.05. The Morgan fingerprint density at radius 2 is 1.77 bits per heavy atom. The molecule has 0 heterocycles. The second-order valence-corrected chi connectivity index (χ2v) is 7.71. The number of anilines is 1. The third-order valence-electron chi connectivity index (χ3n) is 4.59. The number of nitriles is 1. The molecule has 0 aliphatic rings. The van der Waals surface area contributed by atoms with E-state index in [0.29, 0.717) is 12.4 Å². The van der Waals surface area contributed by atoms with Gasteiger partial charge in [0.05, 0.1) is 4.47 Å². The van der Waals surface area contributed by atoms with Crippen molar-refractivity contribution in [1.29, 1.82) is 5.26 Å². The molecule has 30 heavy (non-hydrogen) atoms. The minimum Gasteiger partial charge on any atom is -0.488 e. The normalized spacial score (nSPS) is 10.9. The van der Waals surface area contributed by atoms with Crippen molar-refractivity contribution in [3.05, 3.63) is 99.0 Å². The van der Waals surface area contributed by atoms with E-state index in [-0.39, 0.29) is 5.57 Å². The summed E-state index contributed by atoms with van der Waals surface area (Å²) in [5, 5.41) is 12.3. The number of amides is 1. The number of hydrogen-bond acceptors (Lipinski definition) is 3. The van der Waals surface area contributed by atoms with Crippen LogP contribution in [0.3, 0.4) is 0 Å². The molecule has 150 valence electrons. The van der Waals surface area contributed by atoms with Crippen molar-refractivity contribution >= 4 is 33.6 Å². The van der Waals surface area contributed by atoms with Gasteiger partial charge in [-0.3, -0.25) is 4.79 Å². The molecule has 4 nitrogen and oxygen atoms in total. The summed E-state index contributed by atoms with van der Waals surface area (Å²) in [7, 11) is 0. The molecule has 1 N–H and O–H groups in total. The van der Waals surface area contributed by atoms with Crippen LogP contribution in [0.5, 0.6) is 5.75 Å². The van der Waals surface area contributed by atoms with Crippen LogP contribution < -0.4 is 10.1 Å². The molecule has 0 bridgehead atoms. The summed E-state index contributed by atoms with van der Waals surface area (Å²) in [6.07, 6.45) is 1.56. The molecule has 0 spiro atoms. The number of hydrogen-bond donors (Lipinski definition) is 1. The van der Waals surface area contributed by atoms with Crippen molar-refractivity contribution in [3.63, 3.8) is 0 Å². The molecule has 5 heteroatoms. The van der Waals surface area contributed by atoms with Crippen LogP contribution in [0.25, 0.3) is 6.08 Å². The number of nitrogens with one attached hydrogen (secondary N) is 1. The van der Waals surface area contributed by atoms with E-state index in [1.807, 2.05) is 86.6 Å². The van der Waals surface area contributed by atoms with Gasteiger partial charge in [0.15, 0.2) is 0 Å². The van der Waals surface area contributed by atoms with Crippen LogP contribution in [0.1, 0.15) is 22.3 Å². The smallest absolute Gasteiger partial charge is 0.266 e. The van der Waals surface area contributed by atoms with E-state index in [4.69, 9.17) is 4.74 Å². The molecular formula is C25H21BrN2O2. The highest BCUT2D eigenvalue weighted by Gasteiger charge is 2.13. The predicted octanol–water partition coefficient (Wildman–Crippen LogP) is 6.19. The van der Waals surface area contributed by atoms with E-state index in [9.17, 15) is 10.1 Å². The average Bonchev–Trinajstić information content (AvgIpc) is 2.74. The fourth-order valence-corrected chi connectivity index (χ4v) is 3.48. The standard InChI is InChI=1S/C25H21BrN2O2/c1-17-7-6-8-18(2)24(17)28-25(29)21(15-27)13-20-11-12-23(22(26)14-20)30-16-19-9-4-3-5-10-19/h3-14H,16H2,1-2H3,(H,28,29)/b21-13-. The van der Waals surface area contributed by atoms with E-state index >= 15 is 0 Å². The second kappa shape index (κ2) is 9.91. The second-order valence-electron chi connectivity index (χ2n) is 6.85. The average molecular weight is 461 g/mol. The van der Waals surface area contributed by atoms with Gasteiger partial charge in [0.1, 0.15) is 24.0 Å². The first-order chi connectivity index (χ1) is 14.5. The zero-order valence-corrected chi connectivity index (χ0v) is 18.4. The van der Waals surface area contributed by atoms with Crippen LogP contribution in [-0.2, 0) is 11.4 Å². The molecule has 0 unspecified atom stereocenters. The molecule has 0 saturated heterocycles. The maximum absolute atomic E-state index is 12.6. The van der Waals surface area contributed by atoms with Gasteiger partial charge in [0, 0.05) is 5.69 Å². The fourth-order valence-electron chi connectivity index (χ4n) is 2.97. The number of carbonyl (C=O) groups is 1. The number of rotatable bonds is 6. The number of para-hydroxylation sites is 1. The summed E-state index contributed by atoms with van der Waals surface area (Å²) in [5.41, 5.74) is 4.45. The first kappa shape index (κ1) is 21.4. The highest BCUT2D eigenvalue weighted by atomic mass is 79.9. The third kappa shape index (κ3) is 5.37. The molecule has 0 fully saturated rings. The zero-order valence-electron chi connectivity index (χ0n) is 16.8. The van der Waals surface area contributed by atoms with Gasteiger partial charge in [-0.1, -0.05) is 54.6 Å². The molecule has 1 amide bonds. The largest absolute Gasteiger partial charge is 0.488 e. The van der Waals surface area contributed by atoms with Crippen LogP contribution in [-0.4, -0.2) is 5.91 Å². The number of halogens is 1. The minimum absolute atomic E-state index is 0.0301. The molecule has 3 rings (SSSR count). The van der Waals surface area contributed by atoms with Gasteiger partial charge in [0.25, 0.3) is 5.91 Å². The van der Waals surface area contributed by atoms with Crippen LogP contribution in [0.2, 0.25) is 0 Å². The van der Waals surface area contributed by atoms with Crippen LogP contribution in [0.4, 0.5) is 5.69 Å². The van der Waals surface area contributed by atoms with Crippen molar-refractivity contribution in [2.45, 2.75) is 20.5 Å². The van der Waals surface area contributed by atoms with E-state index in [1.54, 1.807) is 6.08 Å². The molecular weight excluding hydrogens is 440 g/mol. The van der Waals surface area contributed by atoms with Crippen molar-refractivity contribution in [2.24, 2.45) is 0 Å². The summed E-state index contributed by atoms with van der Waals surface area (Å²) in [4.78, 5) is 12.6. The van der Waals surface area contributed by atoms with Crippen LogP contribution >= 0.6 is 15.9 Å². The fraction of sp³-hybridized carbons (Fsp3) is 0.120. The monoisotopic (exact) mass is 460 g/mol. The molecule has 0 atom stereocenters. The van der Waals surface area contributed by atoms with Crippen LogP contribution in [0.15, 0.2) is 76.8 Å². The lowest BCUT2D eigenvalue weighted by Gasteiger charge is -2.11. The van der Waals surface area contributed by atoms with Crippen molar-refractivity contribution in [2.75, 3.05) is 5.32 Å². The van der Waals surface area contributed by atoms with Gasteiger partial charge in [-0.05, 0) is 70.2 Å². The topological polar surface area (TPSA) is 62.1 Å². The van der Waals surface area contributed by atoms with E-state index in [2.05, 4.69) is 21.2 Å². The van der Waals surface area contributed by atoms with Crippen molar-refractivity contribution in [3.8, 4) is 11.8 Å². The quantitative estimate of drug-likeness (QED) is 0.352. The first-order valence-corrected chi connectivity index (χ1v) is 10.2. The molecule has 0 aliphatic carbocycles. The molecule has 0 aromatic heterocycles. The Bertz CT molecular complexity index is 1110. The van der Waals surface area contributed by atoms with Crippen molar-refractivity contribution < 1.29 is 9.53 Å². The number of nitrogens with zero attached hydrogens (tertiary/aromatic N) is 1. The molecule has 3 aromatic rings. The van der Waals surface area contributed by atoms with E-state index < -0.39 is 5.91 Å². The Balaban J connectivity index is 1.74. The molecule has 0 radical (unpaired) electrons. The lowest BCUT2D eigenvalue weighted by atomic mass is 10.1. The Hall–Kier alpha value is -3.36.